The average Bonchev–Trinajstić information content (AvgIpc) is 3.21. The molecule has 3 rings (SSSR count). The Balaban J connectivity index is 1.87. The van der Waals surface area contributed by atoms with E-state index in [9.17, 15) is 17.6 Å². The number of hydrogen-bond acceptors (Lipinski definition) is 5. The summed E-state index contributed by atoms with van der Waals surface area (Å²) in [7, 11) is -4.09. The van der Waals surface area contributed by atoms with Gasteiger partial charge in [-0.05, 0) is 37.5 Å². The van der Waals surface area contributed by atoms with Gasteiger partial charge in [0.15, 0.2) is 6.29 Å². The van der Waals surface area contributed by atoms with Crippen LogP contribution in [0.3, 0.4) is 0 Å². The summed E-state index contributed by atoms with van der Waals surface area (Å²) in [6.45, 7) is 4.87. The van der Waals surface area contributed by atoms with E-state index in [1.807, 2.05) is 0 Å². The Labute approximate surface area is 158 Å². The highest BCUT2D eigenvalue weighted by molar-refractivity contribution is 7.89. The van der Waals surface area contributed by atoms with E-state index < -0.39 is 27.0 Å². The molecule has 0 spiro atoms. The van der Waals surface area contributed by atoms with E-state index >= 15 is 0 Å². The first kappa shape index (κ1) is 19.9. The van der Waals surface area contributed by atoms with Crippen molar-refractivity contribution in [2.45, 2.75) is 36.5 Å². The Morgan fingerprint density at radius 1 is 1.33 bits per heavy atom. The van der Waals surface area contributed by atoms with Crippen molar-refractivity contribution in [3.05, 3.63) is 42.2 Å². The minimum Gasteiger partial charge on any atom is -0.348 e. The highest BCUT2D eigenvalue weighted by atomic mass is 32.2. The molecule has 2 fully saturated rings. The number of hydrogen-bond donors (Lipinski definition) is 1. The molecule has 0 aliphatic carbocycles. The molecule has 1 aromatic rings. The van der Waals surface area contributed by atoms with Gasteiger partial charge in [-0.25, -0.2) is 17.5 Å². The monoisotopic (exact) mass is 398 g/mol. The smallest absolute Gasteiger partial charge is 0.254 e. The van der Waals surface area contributed by atoms with Gasteiger partial charge in [0.1, 0.15) is 10.7 Å². The van der Waals surface area contributed by atoms with Crippen LogP contribution in [0.1, 0.15) is 29.6 Å². The number of likely N-dealkylation sites (tertiary alicyclic amines) is 1. The number of ether oxygens (including phenoxy) is 2. The summed E-state index contributed by atoms with van der Waals surface area (Å²) in [6, 6.07) is 3.13. The number of rotatable bonds is 6. The normalized spacial score (nSPS) is 21.4. The van der Waals surface area contributed by atoms with Gasteiger partial charge < -0.3 is 14.4 Å². The topological polar surface area (TPSA) is 84.9 Å². The highest BCUT2D eigenvalue weighted by Gasteiger charge is 2.37. The lowest BCUT2D eigenvalue weighted by Crippen LogP contribution is -2.50. The number of nitrogens with zero attached hydrogens (tertiary/aromatic N) is 1. The van der Waals surface area contributed by atoms with E-state index in [2.05, 4.69) is 11.3 Å². The summed E-state index contributed by atoms with van der Waals surface area (Å²) < 4.78 is 52.0. The standard InChI is InChI=1S/C18H23FN2O5S/c1-2-8-20-27(23,24)16-12-13(6-7-14(16)19)17(22)21-9-4-3-5-15(21)18-25-10-11-26-18/h2,6-7,12,15,18,20H,1,3-5,8-11H2. The first-order chi connectivity index (χ1) is 12.9. The van der Waals surface area contributed by atoms with Gasteiger partial charge >= 0.3 is 0 Å². The van der Waals surface area contributed by atoms with Crippen LogP contribution in [0.2, 0.25) is 0 Å². The Kier molecular flexibility index (Phi) is 6.25. The number of carbonyl (C=O) groups excluding carboxylic acids is 1. The highest BCUT2D eigenvalue weighted by Crippen LogP contribution is 2.27. The van der Waals surface area contributed by atoms with Crippen molar-refractivity contribution in [3.8, 4) is 0 Å². The Bertz CT molecular complexity index is 808. The van der Waals surface area contributed by atoms with E-state index in [0.29, 0.717) is 19.8 Å². The molecule has 0 aromatic heterocycles. The Morgan fingerprint density at radius 2 is 2.07 bits per heavy atom. The van der Waals surface area contributed by atoms with Crippen molar-refractivity contribution in [2.75, 3.05) is 26.3 Å². The number of amides is 1. The van der Waals surface area contributed by atoms with Crippen molar-refractivity contribution in [1.82, 2.24) is 9.62 Å². The average molecular weight is 398 g/mol. The lowest BCUT2D eigenvalue weighted by molar-refractivity contribution is -0.100. The molecule has 1 unspecified atom stereocenters. The summed E-state index contributed by atoms with van der Waals surface area (Å²) in [5, 5.41) is 0. The van der Waals surface area contributed by atoms with Crippen LogP contribution in [0.15, 0.2) is 35.7 Å². The fourth-order valence-corrected chi connectivity index (χ4v) is 4.45. The fraction of sp³-hybridized carbons (Fsp3) is 0.500. The maximum Gasteiger partial charge on any atom is 0.254 e. The molecule has 2 aliphatic rings. The van der Waals surface area contributed by atoms with Crippen LogP contribution in [0, 0.1) is 5.82 Å². The second-order valence-corrected chi connectivity index (χ2v) is 8.19. The van der Waals surface area contributed by atoms with Gasteiger partial charge in [-0.2, -0.15) is 0 Å². The third-order valence-electron chi connectivity index (χ3n) is 4.66. The molecule has 2 heterocycles. The first-order valence-electron chi connectivity index (χ1n) is 8.88. The van der Waals surface area contributed by atoms with Crippen molar-refractivity contribution >= 4 is 15.9 Å². The van der Waals surface area contributed by atoms with Gasteiger partial charge in [0, 0.05) is 18.7 Å². The van der Waals surface area contributed by atoms with Crippen LogP contribution < -0.4 is 4.72 Å². The number of halogens is 1. The number of carbonyl (C=O) groups is 1. The molecular weight excluding hydrogens is 375 g/mol. The predicted molar refractivity (Wildman–Crippen MR) is 96.2 cm³/mol. The molecule has 148 valence electrons. The minimum absolute atomic E-state index is 0.0372. The van der Waals surface area contributed by atoms with Gasteiger partial charge in [-0.15, -0.1) is 6.58 Å². The fourth-order valence-electron chi connectivity index (χ4n) is 3.35. The zero-order valence-electron chi connectivity index (χ0n) is 14.9. The van der Waals surface area contributed by atoms with Crippen molar-refractivity contribution in [3.63, 3.8) is 0 Å². The van der Waals surface area contributed by atoms with Crippen LogP contribution in [0.25, 0.3) is 0 Å². The van der Waals surface area contributed by atoms with Gasteiger partial charge in [0.25, 0.3) is 5.91 Å². The van der Waals surface area contributed by atoms with E-state index in [0.717, 1.165) is 31.4 Å². The summed E-state index contributed by atoms with van der Waals surface area (Å²) in [6.07, 6.45) is 3.40. The van der Waals surface area contributed by atoms with Crippen LogP contribution >= 0.6 is 0 Å². The molecule has 1 amide bonds. The lowest BCUT2D eigenvalue weighted by Gasteiger charge is -2.38. The number of piperidine rings is 1. The molecule has 1 N–H and O–H groups in total. The minimum atomic E-state index is -4.09. The quantitative estimate of drug-likeness (QED) is 0.737. The molecule has 2 saturated heterocycles. The molecule has 0 radical (unpaired) electrons. The maximum absolute atomic E-state index is 14.1. The molecule has 0 bridgehead atoms. The molecule has 1 aromatic carbocycles. The number of benzene rings is 1. The molecule has 2 aliphatic heterocycles. The van der Waals surface area contributed by atoms with Crippen LogP contribution in [0.5, 0.6) is 0 Å². The predicted octanol–water partition coefficient (Wildman–Crippen LogP) is 1.66. The van der Waals surface area contributed by atoms with Gasteiger partial charge in [-0.1, -0.05) is 6.08 Å². The van der Waals surface area contributed by atoms with Crippen molar-refractivity contribution in [2.24, 2.45) is 0 Å². The van der Waals surface area contributed by atoms with Crippen LogP contribution in [0.4, 0.5) is 4.39 Å². The zero-order valence-corrected chi connectivity index (χ0v) is 15.7. The van der Waals surface area contributed by atoms with Crippen LogP contribution in [-0.2, 0) is 19.5 Å². The largest absolute Gasteiger partial charge is 0.348 e. The van der Waals surface area contributed by atoms with E-state index in [4.69, 9.17) is 9.47 Å². The van der Waals surface area contributed by atoms with E-state index in [-0.39, 0.29) is 24.1 Å². The van der Waals surface area contributed by atoms with Gasteiger partial charge in [0.2, 0.25) is 10.0 Å². The SMILES string of the molecule is C=CCNS(=O)(=O)c1cc(C(=O)N2CCCCC2C2OCCO2)ccc1F. The zero-order chi connectivity index (χ0) is 19.4. The van der Waals surface area contributed by atoms with Crippen LogP contribution in [-0.4, -0.2) is 57.9 Å². The summed E-state index contributed by atoms with van der Waals surface area (Å²) >= 11 is 0. The Hall–Kier alpha value is -1.81. The summed E-state index contributed by atoms with van der Waals surface area (Å²) in [4.78, 5) is 14.1. The third kappa shape index (κ3) is 4.37. The molecule has 0 saturated carbocycles. The first-order valence-corrected chi connectivity index (χ1v) is 10.4. The van der Waals surface area contributed by atoms with Gasteiger partial charge in [0.05, 0.1) is 19.3 Å². The Morgan fingerprint density at radius 3 is 2.78 bits per heavy atom. The number of sulfonamides is 1. The van der Waals surface area contributed by atoms with Crippen molar-refractivity contribution in [1.29, 1.82) is 0 Å². The number of nitrogens with one attached hydrogen (secondary N) is 1. The second-order valence-electron chi connectivity index (χ2n) is 6.46. The maximum atomic E-state index is 14.1. The van der Waals surface area contributed by atoms with E-state index in [1.165, 1.54) is 12.1 Å². The molecule has 9 heteroatoms. The van der Waals surface area contributed by atoms with E-state index in [1.54, 1.807) is 4.90 Å². The second kappa shape index (κ2) is 8.47. The molecule has 27 heavy (non-hydrogen) atoms. The molecule has 7 nitrogen and oxygen atoms in total. The lowest BCUT2D eigenvalue weighted by atomic mass is 10.00. The molecule has 1 atom stereocenters. The summed E-state index contributed by atoms with van der Waals surface area (Å²) in [5.74, 6) is -1.28. The van der Waals surface area contributed by atoms with Crippen molar-refractivity contribution < 1.29 is 27.1 Å². The molecular formula is C18H23FN2O5S. The third-order valence-corrected chi connectivity index (χ3v) is 6.10. The van der Waals surface area contributed by atoms with Gasteiger partial charge in [-0.3, -0.25) is 4.79 Å². The summed E-state index contributed by atoms with van der Waals surface area (Å²) in [5.41, 5.74) is 0.111.